The largest absolute Gasteiger partial charge is 0.369 e. The minimum absolute atomic E-state index is 0.200. The number of hydrogen-bond acceptors (Lipinski definition) is 4. The van der Waals surface area contributed by atoms with Crippen LogP contribution >= 0.6 is 0 Å². The monoisotopic (exact) mass is 360 g/mol. The SMILES string of the molecule is O=C(NCCc1ccccc1)c1cnc(NCCCc2ccccc2)cn1. The van der Waals surface area contributed by atoms with Gasteiger partial charge < -0.3 is 10.6 Å². The lowest BCUT2D eigenvalue weighted by molar-refractivity contribution is 0.0949. The van der Waals surface area contributed by atoms with Crippen LogP contribution in [0.15, 0.2) is 73.1 Å². The zero-order valence-corrected chi connectivity index (χ0v) is 15.3. The number of nitrogens with zero attached hydrogens (tertiary/aromatic N) is 2. The fraction of sp³-hybridized carbons (Fsp3) is 0.227. The molecule has 0 bridgehead atoms. The summed E-state index contributed by atoms with van der Waals surface area (Å²) < 4.78 is 0. The van der Waals surface area contributed by atoms with Crippen LogP contribution in [-0.2, 0) is 12.8 Å². The van der Waals surface area contributed by atoms with Crippen molar-refractivity contribution < 1.29 is 4.79 Å². The molecule has 0 aliphatic rings. The Hall–Kier alpha value is -3.21. The Balaban J connectivity index is 1.38. The second kappa shape index (κ2) is 10.1. The van der Waals surface area contributed by atoms with E-state index in [1.165, 1.54) is 17.3 Å². The smallest absolute Gasteiger partial charge is 0.271 e. The molecule has 2 aromatic carbocycles. The highest BCUT2D eigenvalue weighted by Gasteiger charge is 2.07. The van der Waals surface area contributed by atoms with E-state index in [9.17, 15) is 4.79 Å². The van der Waals surface area contributed by atoms with Gasteiger partial charge in [0.05, 0.1) is 12.4 Å². The minimum Gasteiger partial charge on any atom is -0.369 e. The molecule has 0 atom stereocenters. The molecule has 3 aromatic rings. The molecule has 0 saturated carbocycles. The molecule has 27 heavy (non-hydrogen) atoms. The van der Waals surface area contributed by atoms with E-state index in [4.69, 9.17) is 0 Å². The second-order valence-corrected chi connectivity index (χ2v) is 6.29. The normalized spacial score (nSPS) is 10.4. The molecule has 5 nitrogen and oxygen atoms in total. The third-order valence-corrected chi connectivity index (χ3v) is 4.22. The van der Waals surface area contributed by atoms with Crippen LogP contribution < -0.4 is 10.6 Å². The van der Waals surface area contributed by atoms with Crippen LogP contribution in [0.2, 0.25) is 0 Å². The van der Waals surface area contributed by atoms with Crippen LogP contribution in [0.3, 0.4) is 0 Å². The molecule has 2 N–H and O–H groups in total. The summed E-state index contributed by atoms with van der Waals surface area (Å²) in [6.07, 6.45) is 5.93. The molecule has 1 amide bonds. The highest BCUT2D eigenvalue weighted by molar-refractivity contribution is 5.91. The molecule has 138 valence electrons. The van der Waals surface area contributed by atoms with Gasteiger partial charge in [0.1, 0.15) is 11.5 Å². The summed E-state index contributed by atoms with van der Waals surface area (Å²) >= 11 is 0. The van der Waals surface area contributed by atoms with Gasteiger partial charge >= 0.3 is 0 Å². The van der Waals surface area contributed by atoms with Crippen molar-refractivity contribution in [2.75, 3.05) is 18.4 Å². The van der Waals surface area contributed by atoms with E-state index < -0.39 is 0 Å². The molecule has 0 aliphatic heterocycles. The summed E-state index contributed by atoms with van der Waals surface area (Å²) in [7, 11) is 0. The minimum atomic E-state index is -0.200. The maximum absolute atomic E-state index is 12.1. The number of rotatable bonds is 9. The van der Waals surface area contributed by atoms with Crippen LogP contribution in [0.25, 0.3) is 0 Å². The van der Waals surface area contributed by atoms with Crippen LogP contribution in [-0.4, -0.2) is 29.0 Å². The van der Waals surface area contributed by atoms with Crippen molar-refractivity contribution >= 4 is 11.7 Å². The summed E-state index contributed by atoms with van der Waals surface area (Å²) in [4.78, 5) is 20.6. The van der Waals surface area contributed by atoms with Crippen LogP contribution in [0.5, 0.6) is 0 Å². The lowest BCUT2D eigenvalue weighted by Crippen LogP contribution is -2.26. The van der Waals surface area contributed by atoms with Gasteiger partial charge in [-0.25, -0.2) is 9.97 Å². The molecule has 0 saturated heterocycles. The summed E-state index contributed by atoms with van der Waals surface area (Å²) in [6.45, 7) is 1.39. The van der Waals surface area contributed by atoms with Gasteiger partial charge in [-0.3, -0.25) is 4.79 Å². The molecule has 3 rings (SSSR count). The molecule has 0 spiro atoms. The highest BCUT2D eigenvalue weighted by atomic mass is 16.1. The first-order chi connectivity index (χ1) is 13.3. The Morgan fingerprint density at radius 3 is 2.07 bits per heavy atom. The van der Waals surface area contributed by atoms with Gasteiger partial charge in [-0.15, -0.1) is 0 Å². The van der Waals surface area contributed by atoms with Crippen LogP contribution in [0, 0.1) is 0 Å². The van der Waals surface area contributed by atoms with Crippen molar-refractivity contribution in [3.8, 4) is 0 Å². The van der Waals surface area contributed by atoms with Gasteiger partial charge in [-0.05, 0) is 30.4 Å². The van der Waals surface area contributed by atoms with Crippen molar-refractivity contribution in [2.24, 2.45) is 0 Å². The fourth-order valence-electron chi connectivity index (χ4n) is 2.75. The van der Waals surface area contributed by atoms with Gasteiger partial charge in [-0.1, -0.05) is 60.7 Å². The number of carbonyl (C=O) groups excluding carboxylic acids is 1. The molecule has 0 radical (unpaired) electrons. The number of carbonyl (C=O) groups is 1. The Bertz CT molecular complexity index is 820. The average Bonchev–Trinajstić information content (AvgIpc) is 2.73. The fourth-order valence-corrected chi connectivity index (χ4v) is 2.75. The zero-order chi connectivity index (χ0) is 18.7. The predicted octanol–water partition coefficient (Wildman–Crippen LogP) is 3.49. The van der Waals surface area contributed by atoms with Crippen LogP contribution in [0.4, 0.5) is 5.82 Å². The van der Waals surface area contributed by atoms with Crippen molar-refractivity contribution in [3.05, 3.63) is 89.9 Å². The second-order valence-electron chi connectivity index (χ2n) is 6.29. The molecule has 1 heterocycles. The number of aromatic nitrogens is 2. The first-order valence-corrected chi connectivity index (χ1v) is 9.23. The maximum atomic E-state index is 12.1. The van der Waals surface area contributed by atoms with Gasteiger partial charge in [0.2, 0.25) is 0 Å². The van der Waals surface area contributed by atoms with Crippen molar-refractivity contribution in [1.29, 1.82) is 0 Å². The van der Waals surface area contributed by atoms with Gasteiger partial charge in [0, 0.05) is 13.1 Å². The van der Waals surface area contributed by atoms with Gasteiger partial charge in [0.25, 0.3) is 5.91 Å². The molecule has 5 heteroatoms. The topological polar surface area (TPSA) is 66.9 Å². The van der Waals surface area contributed by atoms with E-state index in [2.05, 4.69) is 44.9 Å². The molecule has 1 aromatic heterocycles. The zero-order valence-electron chi connectivity index (χ0n) is 15.3. The van der Waals surface area contributed by atoms with Crippen molar-refractivity contribution in [1.82, 2.24) is 15.3 Å². The number of anilines is 1. The molecular weight excluding hydrogens is 336 g/mol. The van der Waals surface area contributed by atoms with Crippen LogP contribution in [0.1, 0.15) is 28.0 Å². The van der Waals surface area contributed by atoms with Crippen molar-refractivity contribution in [3.63, 3.8) is 0 Å². The summed E-state index contributed by atoms with van der Waals surface area (Å²) in [5.74, 6) is 0.484. The molecule has 0 aliphatic carbocycles. The van der Waals surface area contributed by atoms with Gasteiger partial charge in [0.15, 0.2) is 0 Å². The van der Waals surface area contributed by atoms with E-state index in [0.29, 0.717) is 18.1 Å². The molecule has 0 unspecified atom stereocenters. The highest BCUT2D eigenvalue weighted by Crippen LogP contribution is 2.05. The molecular formula is C22H24N4O. The van der Waals surface area contributed by atoms with E-state index in [-0.39, 0.29) is 5.91 Å². The first-order valence-electron chi connectivity index (χ1n) is 9.23. The van der Waals surface area contributed by atoms with Gasteiger partial charge in [-0.2, -0.15) is 0 Å². The third-order valence-electron chi connectivity index (χ3n) is 4.22. The lowest BCUT2D eigenvalue weighted by atomic mass is 10.1. The van der Waals surface area contributed by atoms with Crippen molar-refractivity contribution in [2.45, 2.75) is 19.3 Å². The average molecular weight is 360 g/mol. The third kappa shape index (κ3) is 6.22. The lowest BCUT2D eigenvalue weighted by Gasteiger charge is -2.07. The maximum Gasteiger partial charge on any atom is 0.271 e. The number of nitrogens with one attached hydrogen (secondary N) is 2. The number of benzene rings is 2. The Labute approximate surface area is 159 Å². The molecule has 0 fully saturated rings. The summed E-state index contributed by atoms with van der Waals surface area (Å²) in [5.41, 5.74) is 2.85. The number of aryl methyl sites for hydroxylation is 1. The van der Waals surface area contributed by atoms with E-state index >= 15 is 0 Å². The Morgan fingerprint density at radius 1 is 0.778 bits per heavy atom. The van der Waals surface area contributed by atoms with E-state index in [1.54, 1.807) is 6.20 Å². The standard InChI is InChI=1S/C22H24N4O/c27-22(24-15-13-19-10-5-2-6-11-19)20-16-26-21(17-25-20)23-14-7-12-18-8-3-1-4-9-18/h1-6,8-11,16-17H,7,12-15H2,(H,23,26)(H,24,27). The summed E-state index contributed by atoms with van der Waals surface area (Å²) in [5, 5.41) is 6.12. The Kier molecular flexibility index (Phi) is 6.92. The number of hydrogen-bond donors (Lipinski definition) is 2. The van der Waals surface area contributed by atoms with E-state index in [0.717, 1.165) is 25.8 Å². The summed E-state index contributed by atoms with van der Waals surface area (Å²) in [6, 6.07) is 20.5. The quantitative estimate of drug-likeness (QED) is 0.573. The number of amides is 1. The predicted molar refractivity (Wildman–Crippen MR) is 108 cm³/mol. The first kappa shape index (κ1) is 18.6. The van der Waals surface area contributed by atoms with E-state index in [1.807, 2.05) is 36.4 Å². The Morgan fingerprint density at radius 2 is 1.44 bits per heavy atom.